The molecule has 0 saturated carbocycles. The molecule has 4 rings (SSSR count). The van der Waals surface area contributed by atoms with Gasteiger partial charge in [0, 0.05) is 18.8 Å². The molecule has 0 amide bonds. The van der Waals surface area contributed by atoms with Gasteiger partial charge >= 0.3 is 6.18 Å². The number of benzene rings is 2. The summed E-state index contributed by atoms with van der Waals surface area (Å²) in [4.78, 5) is 8.52. The maximum Gasteiger partial charge on any atom is 0.416 e. The molecule has 1 N–H and O–H groups in total. The minimum atomic E-state index is -4.33. The molecular formula is C18H13F3N4. The molecule has 1 aliphatic heterocycles. The zero-order valence-electron chi connectivity index (χ0n) is 13.0. The number of alkyl halides is 3. The summed E-state index contributed by atoms with van der Waals surface area (Å²) in [6.45, 7) is 0. The van der Waals surface area contributed by atoms with Crippen LogP contribution in [0.1, 0.15) is 29.2 Å². The van der Waals surface area contributed by atoms with E-state index in [2.05, 4.69) is 20.5 Å². The lowest BCUT2D eigenvalue weighted by Gasteiger charge is -2.11. The number of hydrazone groups is 1. The van der Waals surface area contributed by atoms with Crippen LogP contribution in [0.15, 0.2) is 60.0 Å². The van der Waals surface area contributed by atoms with Crippen molar-refractivity contribution in [2.24, 2.45) is 5.10 Å². The van der Waals surface area contributed by atoms with E-state index < -0.39 is 11.7 Å². The second kappa shape index (κ2) is 5.84. The molecule has 25 heavy (non-hydrogen) atoms. The number of rotatable bonds is 2. The highest BCUT2D eigenvalue weighted by atomic mass is 19.4. The third-order valence-electron chi connectivity index (χ3n) is 4.19. The van der Waals surface area contributed by atoms with E-state index in [0.29, 0.717) is 12.0 Å². The number of nitrogens with zero attached hydrogens (tertiary/aromatic N) is 3. The van der Waals surface area contributed by atoms with E-state index >= 15 is 0 Å². The van der Waals surface area contributed by atoms with Crippen LogP contribution >= 0.6 is 0 Å². The van der Waals surface area contributed by atoms with Crippen molar-refractivity contribution in [1.29, 1.82) is 0 Å². The van der Waals surface area contributed by atoms with Crippen LogP contribution in [0.2, 0.25) is 0 Å². The van der Waals surface area contributed by atoms with Gasteiger partial charge in [-0.2, -0.15) is 18.3 Å². The Balaban J connectivity index is 1.53. The first kappa shape index (κ1) is 15.6. The highest BCUT2D eigenvalue weighted by Crippen LogP contribution is 2.30. The molecule has 1 atom stereocenters. The van der Waals surface area contributed by atoms with Crippen LogP contribution in [0, 0.1) is 0 Å². The first-order valence-corrected chi connectivity index (χ1v) is 7.71. The molecule has 7 heteroatoms. The second-order valence-electron chi connectivity index (χ2n) is 5.82. The molecule has 2 heterocycles. The van der Waals surface area contributed by atoms with Crippen LogP contribution in [0.25, 0.3) is 11.0 Å². The van der Waals surface area contributed by atoms with Crippen molar-refractivity contribution in [1.82, 2.24) is 15.4 Å². The minimum absolute atomic E-state index is 0.0382. The summed E-state index contributed by atoms with van der Waals surface area (Å²) >= 11 is 0. The van der Waals surface area contributed by atoms with E-state index in [4.69, 9.17) is 0 Å². The third-order valence-corrected chi connectivity index (χ3v) is 4.19. The number of nitrogens with one attached hydrogen (secondary N) is 1. The van der Waals surface area contributed by atoms with Crippen LogP contribution < -0.4 is 5.43 Å². The first-order valence-electron chi connectivity index (χ1n) is 7.71. The Morgan fingerprint density at radius 2 is 1.64 bits per heavy atom. The van der Waals surface area contributed by atoms with Crippen LogP contribution in [0.5, 0.6) is 0 Å². The standard InChI is InChI=1S/C18H13F3N4/c19-18(20,21)13-4-1-11(2-5-13)15-10-16(25-24-15)12-3-6-14-17(9-12)23-8-7-22-14/h1-9,16,25H,10H2. The average molecular weight is 342 g/mol. The smallest absolute Gasteiger partial charge is 0.302 e. The lowest BCUT2D eigenvalue weighted by atomic mass is 9.98. The molecule has 0 fully saturated rings. The quantitative estimate of drug-likeness (QED) is 0.763. The molecular weight excluding hydrogens is 329 g/mol. The van der Waals surface area contributed by atoms with Gasteiger partial charge in [0.15, 0.2) is 0 Å². The van der Waals surface area contributed by atoms with Crippen molar-refractivity contribution in [2.75, 3.05) is 0 Å². The predicted molar refractivity (Wildman–Crippen MR) is 88.0 cm³/mol. The van der Waals surface area contributed by atoms with Gasteiger partial charge in [-0.05, 0) is 35.4 Å². The van der Waals surface area contributed by atoms with Gasteiger partial charge in [0.05, 0.1) is 28.4 Å². The molecule has 0 saturated heterocycles. The summed E-state index contributed by atoms with van der Waals surface area (Å²) < 4.78 is 38.0. The number of hydrogen-bond donors (Lipinski definition) is 1. The molecule has 0 aliphatic carbocycles. The molecule has 3 aromatic rings. The van der Waals surface area contributed by atoms with Crippen molar-refractivity contribution in [3.05, 3.63) is 71.5 Å². The van der Waals surface area contributed by atoms with Crippen molar-refractivity contribution in [3.8, 4) is 0 Å². The molecule has 2 aromatic carbocycles. The number of hydrogen-bond acceptors (Lipinski definition) is 4. The zero-order valence-corrected chi connectivity index (χ0v) is 13.0. The Morgan fingerprint density at radius 1 is 0.920 bits per heavy atom. The Morgan fingerprint density at radius 3 is 2.36 bits per heavy atom. The Bertz CT molecular complexity index is 948. The minimum Gasteiger partial charge on any atom is -0.302 e. The number of halogens is 3. The Hall–Kier alpha value is -2.96. The monoisotopic (exact) mass is 342 g/mol. The third kappa shape index (κ3) is 3.05. The zero-order chi connectivity index (χ0) is 17.4. The molecule has 0 radical (unpaired) electrons. The summed E-state index contributed by atoms with van der Waals surface area (Å²) in [5.41, 5.74) is 6.43. The molecule has 1 unspecified atom stereocenters. The summed E-state index contributed by atoms with van der Waals surface area (Å²) in [5.74, 6) is 0. The molecule has 126 valence electrons. The molecule has 0 spiro atoms. The van der Waals surface area contributed by atoms with E-state index in [0.717, 1.165) is 34.4 Å². The van der Waals surface area contributed by atoms with Crippen molar-refractivity contribution in [3.63, 3.8) is 0 Å². The molecule has 4 nitrogen and oxygen atoms in total. The fourth-order valence-electron chi connectivity index (χ4n) is 2.86. The van der Waals surface area contributed by atoms with E-state index in [1.54, 1.807) is 12.4 Å². The fourth-order valence-corrected chi connectivity index (χ4v) is 2.86. The van der Waals surface area contributed by atoms with Gasteiger partial charge < -0.3 is 5.43 Å². The highest BCUT2D eigenvalue weighted by molar-refractivity contribution is 6.01. The second-order valence-corrected chi connectivity index (χ2v) is 5.82. The van der Waals surface area contributed by atoms with Crippen LogP contribution in [-0.4, -0.2) is 15.7 Å². The molecule has 0 bridgehead atoms. The van der Waals surface area contributed by atoms with E-state index in [9.17, 15) is 13.2 Å². The maximum absolute atomic E-state index is 12.7. The lowest BCUT2D eigenvalue weighted by molar-refractivity contribution is -0.137. The molecule has 1 aromatic heterocycles. The van der Waals surface area contributed by atoms with Crippen LogP contribution in [-0.2, 0) is 6.18 Å². The highest BCUT2D eigenvalue weighted by Gasteiger charge is 2.30. The first-order chi connectivity index (χ1) is 12.0. The van der Waals surface area contributed by atoms with Crippen molar-refractivity contribution < 1.29 is 13.2 Å². The van der Waals surface area contributed by atoms with Crippen LogP contribution in [0.3, 0.4) is 0 Å². The van der Waals surface area contributed by atoms with Gasteiger partial charge in [0.1, 0.15) is 0 Å². The maximum atomic E-state index is 12.7. The summed E-state index contributed by atoms with van der Waals surface area (Å²) in [6, 6.07) is 10.8. The van der Waals surface area contributed by atoms with Crippen LogP contribution in [0.4, 0.5) is 13.2 Å². The van der Waals surface area contributed by atoms with E-state index in [-0.39, 0.29) is 6.04 Å². The van der Waals surface area contributed by atoms with Gasteiger partial charge in [-0.1, -0.05) is 18.2 Å². The van der Waals surface area contributed by atoms with E-state index in [1.807, 2.05) is 18.2 Å². The van der Waals surface area contributed by atoms with Crippen molar-refractivity contribution in [2.45, 2.75) is 18.6 Å². The Kier molecular flexibility index (Phi) is 3.63. The topological polar surface area (TPSA) is 50.2 Å². The van der Waals surface area contributed by atoms with E-state index in [1.165, 1.54) is 12.1 Å². The van der Waals surface area contributed by atoms with Gasteiger partial charge in [0.25, 0.3) is 0 Å². The number of aromatic nitrogens is 2. The van der Waals surface area contributed by atoms with Gasteiger partial charge in [-0.3, -0.25) is 9.97 Å². The number of fused-ring (bicyclic) bond motifs is 1. The van der Waals surface area contributed by atoms with Gasteiger partial charge in [-0.15, -0.1) is 0 Å². The Labute approximate surface area is 141 Å². The van der Waals surface area contributed by atoms with Crippen molar-refractivity contribution >= 4 is 16.7 Å². The van der Waals surface area contributed by atoms with Gasteiger partial charge in [-0.25, -0.2) is 0 Å². The summed E-state index contributed by atoms with van der Waals surface area (Å²) in [6.07, 6.45) is -0.458. The SMILES string of the molecule is FC(F)(F)c1ccc(C2=NNC(c3ccc4nccnc4c3)C2)cc1. The molecule has 1 aliphatic rings. The largest absolute Gasteiger partial charge is 0.416 e. The lowest BCUT2D eigenvalue weighted by Crippen LogP contribution is -2.10. The van der Waals surface area contributed by atoms with Gasteiger partial charge in [0.2, 0.25) is 0 Å². The predicted octanol–water partition coefficient (Wildman–Crippen LogP) is 4.09. The fraction of sp³-hybridized carbons (Fsp3) is 0.167. The summed E-state index contributed by atoms with van der Waals surface area (Å²) in [5, 5.41) is 4.29. The normalized spacial score (nSPS) is 17.4. The average Bonchev–Trinajstić information content (AvgIpc) is 3.11. The summed E-state index contributed by atoms with van der Waals surface area (Å²) in [7, 11) is 0.